The second-order valence-corrected chi connectivity index (χ2v) is 8.37. The van der Waals surface area contributed by atoms with E-state index in [9.17, 15) is 9.59 Å². The Morgan fingerprint density at radius 2 is 1.65 bits per heavy atom. The van der Waals surface area contributed by atoms with E-state index in [4.69, 9.17) is 0 Å². The number of rotatable bonds is 6. The van der Waals surface area contributed by atoms with Crippen molar-refractivity contribution in [1.29, 1.82) is 0 Å². The average molecular weight is 414 g/mol. The van der Waals surface area contributed by atoms with Crippen LogP contribution in [-0.2, 0) is 9.59 Å². The van der Waals surface area contributed by atoms with Crippen LogP contribution < -0.4 is 4.90 Å². The molecule has 1 fully saturated rings. The predicted octanol–water partition coefficient (Wildman–Crippen LogP) is 4.70. The van der Waals surface area contributed by atoms with Crippen molar-refractivity contribution in [1.82, 2.24) is 9.47 Å². The number of fused-ring (bicyclic) bond motifs is 3. The van der Waals surface area contributed by atoms with Gasteiger partial charge in [0.25, 0.3) is 0 Å². The molecular weight excluding hydrogens is 386 g/mol. The van der Waals surface area contributed by atoms with Crippen LogP contribution in [0.2, 0.25) is 0 Å². The van der Waals surface area contributed by atoms with Crippen molar-refractivity contribution in [3.05, 3.63) is 84.2 Å². The van der Waals surface area contributed by atoms with Crippen molar-refractivity contribution in [2.45, 2.75) is 44.7 Å². The zero-order valence-electron chi connectivity index (χ0n) is 17.8. The molecule has 1 unspecified atom stereocenters. The zero-order valence-corrected chi connectivity index (χ0v) is 17.8. The lowest BCUT2D eigenvalue weighted by atomic mass is 9.97. The van der Waals surface area contributed by atoms with E-state index in [2.05, 4.69) is 22.8 Å². The highest BCUT2D eigenvalue weighted by Crippen LogP contribution is 2.42. The van der Waals surface area contributed by atoms with Crippen molar-refractivity contribution < 1.29 is 9.59 Å². The summed E-state index contributed by atoms with van der Waals surface area (Å²) in [6, 6.07) is 22.2. The third kappa shape index (κ3) is 3.54. The van der Waals surface area contributed by atoms with Crippen LogP contribution in [0.3, 0.4) is 0 Å². The Kier molecular flexibility index (Phi) is 5.10. The van der Waals surface area contributed by atoms with Crippen molar-refractivity contribution in [3.8, 4) is 5.69 Å². The quantitative estimate of drug-likeness (QED) is 0.588. The maximum atomic E-state index is 13.9. The number of para-hydroxylation sites is 2. The molecule has 1 aliphatic heterocycles. The number of amides is 2. The lowest BCUT2D eigenvalue weighted by Gasteiger charge is -2.39. The van der Waals surface area contributed by atoms with E-state index >= 15 is 0 Å². The fourth-order valence-electron chi connectivity index (χ4n) is 4.60. The first-order chi connectivity index (χ1) is 15.2. The predicted molar refractivity (Wildman–Crippen MR) is 121 cm³/mol. The SMILES string of the molecule is CCCC(=O)N(CC(=O)N1c2ccccc2-n2cccc2C1c1ccccc1)C1CC1. The minimum Gasteiger partial charge on any atom is -0.330 e. The summed E-state index contributed by atoms with van der Waals surface area (Å²) in [4.78, 5) is 30.3. The fraction of sp³-hybridized carbons (Fsp3) is 0.308. The van der Waals surface area contributed by atoms with E-state index in [1.165, 1.54) is 0 Å². The van der Waals surface area contributed by atoms with E-state index in [0.29, 0.717) is 6.42 Å². The highest BCUT2D eigenvalue weighted by atomic mass is 16.2. The summed E-state index contributed by atoms with van der Waals surface area (Å²) in [5.41, 5.74) is 3.98. The molecule has 2 aliphatic rings. The molecule has 0 spiro atoms. The normalized spacial score (nSPS) is 17.1. The molecule has 0 saturated heterocycles. The molecule has 2 heterocycles. The third-order valence-corrected chi connectivity index (χ3v) is 6.18. The van der Waals surface area contributed by atoms with E-state index in [0.717, 1.165) is 41.9 Å². The zero-order chi connectivity index (χ0) is 21.4. The molecule has 158 valence electrons. The standard InChI is InChI=1S/C26H27N3O2/c1-2-9-24(30)28(20-15-16-20)18-25(31)29-22-13-7-6-12-21(22)27-17-8-14-23(27)26(29)19-10-4-3-5-11-19/h3-8,10-14,17,20,26H,2,9,15-16,18H2,1H3. The molecule has 5 nitrogen and oxygen atoms in total. The van der Waals surface area contributed by atoms with Crippen molar-refractivity contribution in [3.63, 3.8) is 0 Å². The summed E-state index contributed by atoms with van der Waals surface area (Å²) in [6.45, 7) is 2.13. The van der Waals surface area contributed by atoms with Crippen LogP contribution in [-0.4, -0.2) is 33.9 Å². The molecule has 2 amide bonds. The van der Waals surface area contributed by atoms with Crippen LogP contribution in [0.1, 0.15) is 49.9 Å². The molecule has 0 bridgehead atoms. The van der Waals surface area contributed by atoms with Crippen LogP contribution in [0, 0.1) is 0 Å². The first-order valence-electron chi connectivity index (χ1n) is 11.1. The number of nitrogens with zero attached hydrogens (tertiary/aromatic N) is 3. The van der Waals surface area contributed by atoms with Crippen LogP contribution in [0.4, 0.5) is 5.69 Å². The van der Waals surface area contributed by atoms with Gasteiger partial charge in [0.15, 0.2) is 0 Å². The second kappa shape index (κ2) is 8.06. The Labute approximate surface area is 182 Å². The Morgan fingerprint density at radius 1 is 0.935 bits per heavy atom. The number of benzene rings is 2. The number of carbonyl (C=O) groups is 2. The molecule has 0 radical (unpaired) electrons. The molecule has 1 aromatic heterocycles. The molecule has 2 aromatic carbocycles. The van der Waals surface area contributed by atoms with E-state index in [1.54, 1.807) is 0 Å². The van der Waals surface area contributed by atoms with Gasteiger partial charge < -0.3 is 9.47 Å². The topological polar surface area (TPSA) is 45.6 Å². The van der Waals surface area contributed by atoms with Gasteiger partial charge in [0, 0.05) is 18.7 Å². The van der Waals surface area contributed by atoms with Crippen LogP contribution in [0.5, 0.6) is 0 Å². The fourth-order valence-corrected chi connectivity index (χ4v) is 4.60. The van der Waals surface area contributed by atoms with E-state index in [1.807, 2.05) is 71.5 Å². The summed E-state index contributed by atoms with van der Waals surface area (Å²) in [5, 5.41) is 0. The number of hydrogen-bond donors (Lipinski definition) is 0. The van der Waals surface area contributed by atoms with Crippen LogP contribution in [0.25, 0.3) is 5.69 Å². The molecular formula is C26H27N3O2. The lowest BCUT2D eigenvalue weighted by molar-refractivity contribution is -0.136. The number of hydrogen-bond acceptors (Lipinski definition) is 2. The third-order valence-electron chi connectivity index (χ3n) is 6.18. The van der Waals surface area contributed by atoms with E-state index in [-0.39, 0.29) is 30.4 Å². The summed E-state index contributed by atoms with van der Waals surface area (Å²) in [7, 11) is 0. The maximum Gasteiger partial charge on any atom is 0.247 e. The van der Waals surface area contributed by atoms with E-state index < -0.39 is 0 Å². The monoisotopic (exact) mass is 413 g/mol. The van der Waals surface area contributed by atoms with Gasteiger partial charge in [-0.1, -0.05) is 49.4 Å². The number of anilines is 1. The molecule has 0 N–H and O–H groups in total. The van der Waals surface area contributed by atoms with Gasteiger partial charge >= 0.3 is 0 Å². The number of carbonyl (C=O) groups excluding carboxylic acids is 2. The van der Waals surface area contributed by atoms with Gasteiger partial charge in [-0.25, -0.2) is 0 Å². The Hall–Kier alpha value is -3.34. The first-order valence-corrected chi connectivity index (χ1v) is 11.1. The summed E-state index contributed by atoms with van der Waals surface area (Å²) >= 11 is 0. The maximum absolute atomic E-state index is 13.9. The lowest BCUT2D eigenvalue weighted by Crippen LogP contribution is -2.47. The highest BCUT2D eigenvalue weighted by Gasteiger charge is 2.39. The number of aromatic nitrogens is 1. The minimum absolute atomic E-state index is 0.0369. The average Bonchev–Trinajstić information content (AvgIpc) is 3.52. The molecule has 3 aromatic rings. The molecule has 1 aliphatic carbocycles. The summed E-state index contributed by atoms with van der Waals surface area (Å²) in [6.07, 6.45) is 5.32. The van der Waals surface area contributed by atoms with Gasteiger partial charge in [-0.05, 0) is 49.1 Å². The Balaban J connectivity index is 1.57. The van der Waals surface area contributed by atoms with Gasteiger partial charge in [-0.3, -0.25) is 14.5 Å². The summed E-state index contributed by atoms with van der Waals surface area (Å²) in [5.74, 6) is 0.0494. The van der Waals surface area contributed by atoms with Gasteiger partial charge in [0.1, 0.15) is 12.6 Å². The van der Waals surface area contributed by atoms with Gasteiger partial charge in [0.05, 0.1) is 17.1 Å². The smallest absolute Gasteiger partial charge is 0.247 e. The Bertz CT molecular complexity index is 1100. The van der Waals surface area contributed by atoms with Crippen LogP contribution in [0.15, 0.2) is 72.9 Å². The van der Waals surface area contributed by atoms with Gasteiger partial charge in [-0.15, -0.1) is 0 Å². The minimum atomic E-state index is -0.235. The molecule has 1 atom stereocenters. The van der Waals surface area contributed by atoms with Gasteiger partial charge in [0.2, 0.25) is 11.8 Å². The van der Waals surface area contributed by atoms with Crippen molar-refractivity contribution in [2.24, 2.45) is 0 Å². The van der Waals surface area contributed by atoms with Crippen molar-refractivity contribution >= 4 is 17.5 Å². The first kappa shape index (κ1) is 19.6. The van der Waals surface area contributed by atoms with Gasteiger partial charge in [-0.2, -0.15) is 0 Å². The van der Waals surface area contributed by atoms with Crippen LogP contribution >= 0.6 is 0 Å². The molecule has 5 rings (SSSR count). The van der Waals surface area contributed by atoms with Crippen molar-refractivity contribution in [2.75, 3.05) is 11.4 Å². The molecule has 31 heavy (non-hydrogen) atoms. The molecule has 5 heteroatoms. The largest absolute Gasteiger partial charge is 0.330 e. The second-order valence-electron chi connectivity index (χ2n) is 8.37. The molecule has 1 saturated carbocycles. The Morgan fingerprint density at radius 3 is 2.35 bits per heavy atom. The highest BCUT2D eigenvalue weighted by molar-refractivity contribution is 6.00. The summed E-state index contributed by atoms with van der Waals surface area (Å²) < 4.78 is 2.16.